The number of hydrogen-bond acceptors (Lipinski definition) is 2. The molecular formula is C16H33N3O. The minimum Gasteiger partial charge on any atom is -0.336 e. The molecule has 0 aromatic heterocycles. The summed E-state index contributed by atoms with van der Waals surface area (Å²) in [4.78, 5) is 14.7. The fraction of sp³-hybridized carbons (Fsp3) is 0.875. The number of nitrogens with one attached hydrogen (secondary N) is 1. The molecule has 0 aliphatic carbocycles. The van der Waals surface area contributed by atoms with Gasteiger partial charge in [-0.15, -0.1) is 0 Å². The van der Waals surface area contributed by atoms with Gasteiger partial charge in [0.15, 0.2) is 0 Å². The zero-order valence-electron chi connectivity index (χ0n) is 13.4. The molecule has 1 unspecified atom stereocenters. The third kappa shape index (κ3) is 13.5. The Morgan fingerprint density at radius 1 is 1.10 bits per heavy atom. The fourth-order valence-corrected chi connectivity index (χ4v) is 2.21. The van der Waals surface area contributed by atoms with Crippen LogP contribution in [0.3, 0.4) is 0 Å². The summed E-state index contributed by atoms with van der Waals surface area (Å²) >= 11 is 0. The van der Waals surface area contributed by atoms with Crippen LogP contribution in [0.5, 0.6) is 0 Å². The molecule has 0 spiro atoms. The molecule has 4 heteroatoms. The monoisotopic (exact) mass is 283 g/mol. The van der Waals surface area contributed by atoms with Crippen LogP contribution in [0.1, 0.15) is 78.1 Å². The number of nitrogens with two attached hydrogens (primary N) is 1. The smallest absolute Gasteiger partial charge is 0.336 e. The molecule has 0 bridgehead atoms. The van der Waals surface area contributed by atoms with Crippen LogP contribution < -0.4 is 11.1 Å². The predicted octanol–water partition coefficient (Wildman–Crippen LogP) is 4.03. The summed E-state index contributed by atoms with van der Waals surface area (Å²) in [5.74, 6) is 0. The van der Waals surface area contributed by atoms with Crippen LogP contribution in [0.2, 0.25) is 0 Å². The summed E-state index contributed by atoms with van der Waals surface area (Å²) in [6, 6.07) is -0.0761. The minimum absolute atomic E-state index is 0.195. The van der Waals surface area contributed by atoms with Crippen molar-refractivity contribution < 1.29 is 4.79 Å². The molecule has 0 radical (unpaired) electrons. The maximum atomic E-state index is 11.1. The molecule has 0 aromatic carbocycles. The topological polar surface area (TPSA) is 67.5 Å². The number of carbonyl (C=O) groups excluding carboxylic acids is 1. The first kappa shape index (κ1) is 19.1. The van der Waals surface area contributed by atoms with Gasteiger partial charge in [0.1, 0.15) is 0 Å². The standard InChI is InChI=1S/C16H33N3O/c1-3-5-6-7-8-9-10-11-12-15(17)13-14-19-16(20)18-4-2/h4,15H,3,5-14,17H2,1-2H3,(H,19,20). The summed E-state index contributed by atoms with van der Waals surface area (Å²) in [6.45, 7) is 4.60. The number of carbonyl (C=O) groups is 1. The normalized spacial score (nSPS) is 12.8. The lowest BCUT2D eigenvalue weighted by Gasteiger charge is -2.11. The number of hydrogen-bond donors (Lipinski definition) is 2. The highest BCUT2D eigenvalue weighted by Gasteiger charge is 2.03. The molecule has 0 aromatic rings. The molecule has 3 N–H and O–H groups in total. The van der Waals surface area contributed by atoms with E-state index in [4.69, 9.17) is 5.73 Å². The third-order valence-electron chi connectivity index (χ3n) is 3.47. The van der Waals surface area contributed by atoms with Gasteiger partial charge in [0.2, 0.25) is 0 Å². The highest BCUT2D eigenvalue weighted by molar-refractivity contribution is 5.82. The Labute approximate surface area is 124 Å². The van der Waals surface area contributed by atoms with Crippen LogP contribution in [0.25, 0.3) is 0 Å². The molecule has 0 saturated heterocycles. The van der Waals surface area contributed by atoms with E-state index in [9.17, 15) is 4.79 Å². The Kier molecular flexibility index (Phi) is 13.9. The Morgan fingerprint density at radius 3 is 2.30 bits per heavy atom. The van der Waals surface area contributed by atoms with Gasteiger partial charge in [-0.05, 0) is 19.8 Å². The molecule has 0 heterocycles. The number of nitrogens with zero attached hydrogens (tertiary/aromatic N) is 1. The van der Waals surface area contributed by atoms with Crippen LogP contribution in [0.4, 0.5) is 4.79 Å². The highest BCUT2D eigenvalue weighted by atomic mass is 16.2. The molecule has 118 valence electrons. The van der Waals surface area contributed by atoms with Crippen LogP contribution >= 0.6 is 0 Å². The summed E-state index contributed by atoms with van der Waals surface area (Å²) in [6.07, 6.45) is 14.0. The Bertz CT molecular complexity index is 254. The molecule has 20 heavy (non-hydrogen) atoms. The first-order valence-corrected chi connectivity index (χ1v) is 8.22. The Hall–Kier alpha value is -0.900. The van der Waals surface area contributed by atoms with Crippen molar-refractivity contribution in [3.8, 4) is 0 Å². The second kappa shape index (κ2) is 14.5. The van der Waals surface area contributed by atoms with Gasteiger partial charge >= 0.3 is 6.03 Å². The van der Waals surface area contributed by atoms with Crippen LogP contribution in [0.15, 0.2) is 4.99 Å². The van der Waals surface area contributed by atoms with Crippen molar-refractivity contribution in [2.75, 3.05) is 6.54 Å². The number of unbranched alkanes of at least 4 members (excludes halogenated alkanes) is 7. The van der Waals surface area contributed by atoms with Gasteiger partial charge in [-0.1, -0.05) is 58.3 Å². The predicted molar refractivity (Wildman–Crippen MR) is 87.4 cm³/mol. The SMILES string of the molecule is CC=NC(=O)NCCC(N)CCCCCCCCCC. The van der Waals surface area contributed by atoms with Gasteiger partial charge < -0.3 is 11.1 Å². The van der Waals surface area contributed by atoms with Crippen molar-refractivity contribution in [1.29, 1.82) is 0 Å². The van der Waals surface area contributed by atoms with Crippen molar-refractivity contribution in [3.05, 3.63) is 0 Å². The molecule has 0 aliphatic heterocycles. The second-order valence-corrected chi connectivity index (χ2v) is 5.43. The lowest BCUT2D eigenvalue weighted by atomic mass is 10.0. The lowest BCUT2D eigenvalue weighted by molar-refractivity contribution is 0.249. The molecular weight excluding hydrogens is 250 g/mol. The molecule has 0 rings (SSSR count). The van der Waals surface area contributed by atoms with E-state index in [1.54, 1.807) is 6.92 Å². The summed E-state index contributed by atoms with van der Waals surface area (Å²) < 4.78 is 0. The van der Waals surface area contributed by atoms with E-state index in [-0.39, 0.29) is 12.1 Å². The van der Waals surface area contributed by atoms with Crippen molar-refractivity contribution >= 4 is 12.2 Å². The number of rotatable bonds is 12. The fourth-order valence-electron chi connectivity index (χ4n) is 2.21. The van der Waals surface area contributed by atoms with E-state index in [0.29, 0.717) is 6.54 Å². The lowest BCUT2D eigenvalue weighted by Crippen LogP contribution is -2.28. The van der Waals surface area contributed by atoms with Gasteiger partial charge in [0.05, 0.1) is 0 Å². The van der Waals surface area contributed by atoms with Gasteiger partial charge in [0.25, 0.3) is 0 Å². The average Bonchev–Trinajstić information content (AvgIpc) is 2.42. The van der Waals surface area contributed by atoms with Crippen molar-refractivity contribution in [3.63, 3.8) is 0 Å². The largest absolute Gasteiger partial charge is 0.340 e. The van der Waals surface area contributed by atoms with E-state index >= 15 is 0 Å². The molecule has 4 nitrogen and oxygen atoms in total. The van der Waals surface area contributed by atoms with Crippen LogP contribution in [0, 0.1) is 0 Å². The summed E-state index contributed by atoms with van der Waals surface area (Å²) in [5.41, 5.74) is 6.02. The van der Waals surface area contributed by atoms with Gasteiger partial charge in [0, 0.05) is 18.8 Å². The Balaban J connectivity index is 3.28. The molecule has 1 atom stereocenters. The van der Waals surface area contributed by atoms with Crippen molar-refractivity contribution in [2.24, 2.45) is 10.7 Å². The van der Waals surface area contributed by atoms with E-state index in [1.807, 2.05) is 0 Å². The third-order valence-corrected chi connectivity index (χ3v) is 3.47. The van der Waals surface area contributed by atoms with Gasteiger partial charge in [-0.3, -0.25) is 0 Å². The van der Waals surface area contributed by atoms with Crippen LogP contribution in [-0.4, -0.2) is 24.8 Å². The maximum absolute atomic E-state index is 11.1. The van der Waals surface area contributed by atoms with E-state index in [1.165, 1.54) is 57.6 Å². The average molecular weight is 283 g/mol. The second-order valence-electron chi connectivity index (χ2n) is 5.43. The minimum atomic E-state index is -0.272. The van der Waals surface area contributed by atoms with E-state index in [2.05, 4.69) is 17.2 Å². The van der Waals surface area contributed by atoms with Crippen molar-refractivity contribution in [2.45, 2.75) is 84.1 Å². The summed E-state index contributed by atoms with van der Waals surface area (Å²) in [5, 5.41) is 2.73. The zero-order chi connectivity index (χ0) is 15.1. The number of aliphatic imine (C=N–C) groups is 1. The first-order chi connectivity index (χ1) is 9.70. The molecule has 0 fully saturated rings. The molecule has 0 aliphatic rings. The van der Waals surface area contributed by atoms with E-state index < -0.39 is 0 Å². The first-order valence-electron chi connectivity index (χ1n) is 8.22. The number of amides is 2. The van der Waals surface area contributed by atoms with Gasteiger partial charge in [-0.2, -0.15) is 0 Å². The van der Waals surface area contributed by atoms with Crippen LogP contribution in [-0.2, 0) is 0 Å². The van der Waals surface area contributed by atoms with E-state index in [0.717, 1.165) is 12.8 Å². The Morgan fingerprint density at radius 2 is 1.70 bits per heavy atom. The maximum Gasteiger partial charge on any atom is 0.340 e. The quantitative estimate of drug-likeness (QED) is 0.419. The van der Waals surface area contributed by atoms with Gasteiger partial charge in [-0.25, -0.2) is 9.79 Å². The summed E-state index contributed by atoms with van der Waals surface area (Å²) in [7, 11) is 0. The molecule has 0 saturated carbocycles. The van der Waals surface area contributed by atoms with Crippen molar-refractivity contribution in [1.82, 2.24) is 5.32 Å². The zero-order valence-corrected chi connectivity index (χ0v) is 13.4. The highest BCUT2D eigenvalue weighted by Crippen LogP contribution is 2.10. The molecule has 2 amide bonds. The number of urea groups is 1.